The molecule has 0 saturated carbocycles. The number of carbonyl (C=O) groups is 1. The van der Waals surface area contributed by atoms with Gasteiger partial charge in [-0.25, -0.2) is 0 Å². The number of hydrogen-bond donors (Lipinski definition) is 2. The zero-order chi connectivity index (χ0) is 14.4. The van der Waals surface area contributed by atoms with Crippen LogP contribution in [-0.2, 0) is 4.79 Å². The number of piperidine rings is 1. The Morgan fingerprint density at radius 1 is 1.50 bits per heavy atom. The molecule has 1 aliphatic rings. The number of hydrogen-bond acceptors (Lipinski definition) is 4. The van der Waals surface area contributed by atoms with Crippen LogP contribution in [-0.4, -0.2) is 49.8 Å². The first-order valence-corrected chi connectivity index (χ1v) is 8.27. The molecular weight excluding hydrogens is 270 g/mol. The smallest absolute Gasteiger partial charge is 0.238 e. The zero-order valence-electron chi connectivity index (χ0n) is 12.2. The highest BCUT2D eigenvalue weighted by Gasteiger charge is 2.19. The van der Waals surface area contributed by atoms with E-state index < -0.39 is 0 Å². The lowest BCUT2D eigenvalue weighted by Crippen LogP contribution is -2.46. The van der Waals surface area contributed by atoms with Crippen molar-refractivity contribution < 1.29 is 4.79 Å². The summed E-state index contributed by atoms with van der Waals surface area (Å²) in [5.74, 6) is 0.0552. The normalized spacial score (nSPS) is 19.1. The van der Waals surface area contributed by atoms with E-state index in [2.05, 4.69) is 15.5 Å². The summed E-state index contributed by atoms with van der Waals surface area (Å²) in [6, 6.07) is 8.37. The van der Waals surface area contributed by atoms with Crippen molar-refractivity contribution in [1.82, 2.24) is 10.2 Å². The van der Waals surface area contributed by atoms with E-state index in [-0.39, 0.29) is 5.91 Å². The molecule has 5 heteroatoms. The van der Waals surface area contributed by atoms with Crippen LogP contribution in [0.15, 0.2) is 29.2 Å². The molecule has 2 N–H and O–H groups in total. The van der Waals surface area contributed by atoms with E-state index in [1.165, 1.54) is 6.42 Å². The van der Waals surface area contributed by atoms with Gasteiger partial charge in [0.15, 0.2) is 0 Å². The molecule has 1 aliphatic heterocycles. The molecule has 0 spiro atoms. The van der Waals surface area contributed by atoms with E-state index in [4.69, 9.17) is 0 Å². The third kappa shape index (κ3) is 4.23. The van der Waals surface area contributed by atoms with E-state index >= 15 is 0 Å². The number of anilines is 1. The Balaban J connectivity index is 1.88. The molecular formula is C15H23N3OS. The van der Waals surface area contributed by atoms with Crippen LogP contribution in [0.2, 0.25) is 0 Å². The van der Waals surface area contributed by atoms with Crippen LogP contribution in [0.1, 0.15) is 12.8 Å². The van der Waals surface area contributed by atoms with Crippen molar-refractivity contribution in [2.45, 2.75) is 23.8 Å². The molecule has 1 saturated heterocycles. The van der Waals surface area contributed by atoms with Crippen molar-refractivity contribution in [3.63, 3.8) is 0 Å². The molecule has 1 aromatic rings. The summed E-state index contributed by atoms with van der Waals surface area (Å²) in [6.45, 7) is 2.51. The van der Waals surface area contributed by atoms with Gasteiger partial charge in [-0.2, -0.15) is 0 Å². The van der Waals surface area contributed by atoms with Crippen LogP contribution < -0.4 is 10.6 Å². The van der Waals surface area contributed by atoms with E-state index in [0.29, 0.717) is 12.6 Å². The molecule has 1 atom stereocenters. The molecule has 1 aromatic carbocycles. The van der Waals surface area contributed by atoms with E-state index in [1.807, 2.05) is 37.6 Å². The quantitative estimate of drug-likeness (QED) is 0.815. The summed E-state index contributed by atoms with van der Waals surface area (Å²) >= 11 is 1.65. The standard InChI is InChI=1S/C15H23N3OS/c1-18(12-6-5-9-16-10-12)11-15(19)17-13-7-3-4-8-14(13)20-2/h3-4,7-8,12,16H,5-6,9-11H2,1-2H3,(H,17,19). The highest BCUT2D eigenvalue weighted by molar-refractivity contribution is 7.98. The molecule has 20 heavy (non-hydrogen) atoms. The van der Waals surface area contributed by atoms with Crippen LogP contribution >= 0.6 is 11.8 Å². The summed E-state index contributed by atoms with van der Waals surface area (Å²) in [5, 5.41) is 6.39. The van der Waals surface area contributed by atoms with Gasteiger partial charge in [0.25, 0.3) is 0 Å². The van der Waals surface area contributed by atoms with Gasteiger partial charge in [0.1, 0.15) is 0 Å². The second-order valence-corrected chi connectivity index (χ2v) is 6.01. The number of amides is 1. The van der Waals surface area contributed by atoms with Crippen molar-refractivity contribution in [3.05, 3.63) is 24.3 Å². The first-order chi connectivity index (χ1) is 9.70. The second kappa shape index (κ2) is 7.67. The van der Waals surface area contributed by atoms with Crippen molar-refractivity contribution in [3.8, 4) is 0 Å². The second-order valence-electron chi connectivity index (χ2n) is 5.16. The van der Waals surface area contributed by atoms with Gasteiger partial charge in [0.2, 0.25) is 5.91 Å². The number of likely N-dealkylation sites (N-methyl/N-ethyl adjacent to an activating group) is 1. The molecule has 1 heterocycles. The minimum atomic E-state index is 0.0552. The van der Waals surface area contributed by atoms with Gasteiger partial charge in [-0.15, -0.1) is 11.8 Å². The number of para-hydroxylation sites is 1. The lowest BCUT2D eigenvalue weighted by Gasteiger charge is -2.31. The Kier molecular flexibility index (Phi) is 5.88. The summed E-state index contributed by atoms with van der Waals surface area (Å²) in [7, 11) is 2.03. The predicted molar refractivity (Wildman–Crippen MR) is 85.4 cm³/mol. The zero-order valence-corrected chi connectivity index (χ0v) is 13.0. The van der Waals surface area contributed by atoms with Gasteiger partial charge >= 0.3 is 0 Å². The van der Waals surface area contributed by atoms with Gasteiger partial charge in [-0.3, -0.25) is 9.69 Å². The average Bonchev–Trinajstić information content (AvgIpc) is 2.48. The SMILES string of the molecule is CSc1ccccc1NC(=O)CN(C)C1CCCNC1. The Morgan fingerprint density at radius 3 is 3.00 bits per heavy atom. The average molecular weight is 293 g/mol. The molecule has 0 bridgehead atoms. The Labute approximate surface area is 125 Å². The van der Waals surface area contributed by atoms with Crippen LogP contribution in [0.4, 0.5) is 5.69 Å². The van der Waals surface area contributed by atoms with Crippen molar-refractivity contribution in [2.75, 3.05) is 38.3 Å². The van der Waals surface area contributed by atoms with E-state index in [0.717, 1.165) is 30.1 Å². The van der Waals surface area contributed by atoms with Crippen LogP contribution in [0.3, 0.4) is 0 Å². The summed E-state index contributed by atoms with van der Waals surface area (Å²) in [5.41, 5.74) is 0.903. The van der Waals surface area contributed by atoms with Crippen molar-refractivity contribution in [1.29, 1.82) is 0 Å². The van der Waals surface area contributed by atoms with Gasteiger partial charge in [0, 0.05) is 17.5 Å². The maximum Gasteiger partial charge on any atom is 0.238 e. The molecule has 2 rings (SSSR count). The number of carbonyl (C=O) groups excluding carboxylic acids is 1. The summed E-state index contributed by atoms with van der Waals surface area (Å²) < 4.78 is 0. The van der Waals surface area contributed by atoms with Crippen LogP contribution in [0.25, 0.3) is 0 Å². The molecule has 0 radical (unpaired) electrons. The molecule has 1 fully saturated rings. The van der Waals surface area contributed by atoms with Gasteiger partial charge < -0.3 is 10.6 Å². The first kappa shape index (κ1) is 15.4. The fraction of sp³-hybridized carbons (Fsp3) is 0.533. The Hall–Kier alpha value is -1.04. The molecule has 110 valence electrons. The number of benzene rings is 1. The molecule has 4 nitrogen and oxygen atoms in total. The fourth-order valence-electron chi connectivity index (χ4n) is 2.50. The lowest BCUT2D eigenvalue weighted by atomic mass is 10.1. The minimum absolute atomic E-state index is 0.0552. The van der Waals surface area contributed by atoms with Crippen molar-refractivity contribution in [2.24, 2.45) is 0 Å². The molecule has 0 aliphatic carbocycles. The van der Waals surface area contributed by atoms with Gasteiger partial charge in [-0.1, -0.05) is 12.1 Å². The number of nitrogens with one attached hydrogen (secondary N) is 2. The Morgan fingerprint density at radius 2 is 2.30 bits per heavy atom. The maximum absolute atomic E-state index is 12.2. The van der Waals surface area contributed by atoms with Gasteiger partial charge in [0.05, 0.1) is 12.2 Å². The lowest BCUT2D eigenvalue weighted by molar-refractivity contribution is -0.117. The highest BCUT2D eigenvalue weighted by Crippen LogP contribution is 2.24. The monoisotopic (exact) mass is 293 g/mol. The fourth-order valence-corrected chi connectivity index (χ4v) is 3.06. The molecule has 0 aromatic heterocycles. The van der Waals surface area contributed by atoms with Crippen LogP contribution in [0.5, 0.6) is 0 Å². The third-order valence-electron chi connectivity index (χ3n) is 3.67. The predicted octanol–water partition coefficient (Wildman–Crippen LogP) is 2.03. The summed E-state index contributed by atoms with van der Waals surface area (Å²) in [4.78, 5) is 15.4. The molecule has 1 amide bonds. The highest BCUT2D eigenvalue weighted by atomic mass is 32.2. The number of thioether (sulfide) groups is 1. The number of rotatable bonds is 5. The van der Waals surface area contributed by atoms with Crippen molar-refractivity contribution >= 4 is 23.4 Å². The minimum Gasteiger partial charge on any atom is -0.324 e. The Bertz CT molecular complexity index is 446. The maximum atomic E-state index is 12.2. The third-order valence-corrected chi connectivity index (χ3v) is 4.46. The largest absolute Gasteiger partial charge is 0.324 e. The summed E-state index contributed by atoms with van der Waals surface area (Å²) in [6.07, 6.45) is 4.37. The van der Waals surface area contributed by atoms with Crippen LogP contribution in [0, 0.1) is 0 Å². The van der Waals surface area contributed by atoms with Gasteiger partial charge in [-0.05, 0) is 44.8 Å². The van der Waals surface area contributed by atoms with E-state index in [1.54, 1.807) is 11.8 Å². The van der Waals surface area contributed by atoms with E-state index in [9.17, 15) is 4.79 Å². The number of nitrogens with zero attached hydrogens (tertiary/aromatic N) is 1. The first-order valence-electron chi connectivity index (χ1n) is 7.04. The topological polar surface area (TPSA) is 44.4 Å². The molecule has 1 unspecified atom stereocenters.